The zero-order valence-electron chi connectivity index (χ0n) is 11.4. The Morgan fingerprint density at radius 3 is 2.63 bits per heavy atom. The maximum Gasteiger partial charge on any atom is 0.405 e. The molecule has 1 saturated heterocycles. The molecule has 0 aromatic carbocycles. The van der Waals surface area contributed by atoms with E-state index in [2.05, 4.69) is 12.2 Å². The van der Waals surface area contributed by atoms with Crippen molar-refractivity contribution in [3.8, 4) is 0 Å². The number of carbonyl (C=O) groups is 1. The van der Waals surface area contributed by atoms with E-state index in [1.165, 1.54) is 4.90 Å². The van der Waals surface area contributed by atoms with Crippen LogP contribution in [0.3, 0.4) is 0 Å². The van der Waals surface area contributed by atoms with Crippen LogP contribution in [0.15, 0.2) is 0 Å². The first-order chi connectivity index (χ1) is 8.83. The van der Waals surface area contributed by atoms with Crippen molar-refractivity contribution in [2.45, 2.75) is 38.9 Å². The predicted octanol–water partition coefficient (Wildman–Crippen LogP) is 1.97. The lowest BCUT2D eigenvalue weighted by Gasteiger charge is -2.37. The highest BCUT2D eigenvalue weighted by molar-refractivity contribution is 5.74. The van der Waals surface area contributed by atoms with Gasteiger partial charge in [-0.05, 0) is 25.3 Å². The summed E-state index contributed by atoms with van der Waals surface area (Å²) in [6.07, 6.45) is -2.54. The lowest BCUT2D eigenvalue weighted by atomic mass is 9.94. The van der Waals surface area contributed by atoms with Crippen molar-refractivity contribution in [3.05, 3.63) is 0 Å². The predicted molar refractivity (Wildman–Crippen MR) is 66.9 cm³/mol. The normalized spacial score (nSPS) is 24.4. The molecular weight excluding hydrogens is 259 g/mol. The molecule has 2 amide bonds. The fraction of sp³-hybridized carbons (Fsp3) is 0.917. The van der Waals surface area contributed by atoms with Crippen LogP contribution in [0.1, 0.15) is 26.7 Å². The molecule has 1 heterocycles. The van der Waals surface area contributed by atoms with Gasteiger partial charge in [0.05, 0.1) is 0 Å². The maximum atomic E-state index is 12.0. The van der Waals surface area contributed by atoms with Crippen LogP contribution in [0.25, 0.3) is 0 Å². The highest BCUT2D eigenvalue weighted by atomic mass is 19.4. The number of alkyl halides is 3. The molecule has 1 fully saturated rings. The van der Waals surface area contributed by atoms with E-state index in [0.717, 1.165) is 19.4 Å². The van der Waals surface area contributed by atoms with Crippen molar-refractivity contribution in [2.24, 2.45) is 5.92 Å². The van der Waals surface area contributed by atoms with Crippen molar-refractivity contribution >= 4 is 6.03 Å². The Labute approximate surface area is 111 Å². The minimum absolute atomic E-state index is 0.247. The quantitative estimate of drug-likeness (QED) is 0.827. The second-order valence-electron chi connectivity index (χ2n) is 5.05. The lowest BCUT2D eigenvalue weighted by molar-refractivity contribution is -0.123. The molecule has 0 aromatic rings. The fourth-order valence-corrected chi connectivity index (χ4v) is 2.25. The minimum atomic E-state index is -4.36. The number of rotatable bonds is 4. The van der Waals surface area contributed by atoms with Gasteiger partial charge in [0, 0.05) is 19.1 Å². The Kier molecular flexibility index (Phi) is 5.90. The van der Waals surface area contributed by atoms with Gasteiger partial charge in [-0.25, -0.2) is 4.79 Å². The summed E-state index contributed by atoms with van der Waals surface area (Å²) in [5.74, 6) is 0.247. The molecule has 2 N–H and O–H groups in total. The molecule has 0 aromatic heterocycles. The third kappa shape index (κ3) is 5.67. The number of nitrogens with one attached hydrogen (secondary N) is 2. The van der Waals surface area contributed by atoms with Crippen LogP contribution in [-0.4, -0.2) is 49.3 Å². The second kappa shape index (κ2) is 6.98. The van der Waals surface area contributed by atoms with Gasteiger partial charge in [-0.3, -0.25) is 0 Å². The molecular formula is C12H22F3N3O. The van der Waals surface area contributed by atoms with Crippen molar-refractivity contribution in [1.29, 1.82) is 0 Å². The van der Waals surface area contributed by atoms with Crippen molar-refractivity contribution in [1.82, 2.24) is 15.5 Å². The number of hydrogen-bond donors (Lipinski definition) is 2. The number of nitrogens with zero attached hydrogens (tertiary/aromatic N) is 1. The second-order valence-corrected chi connectivity index (χ2v) is 5.05. The number of halogens is 3. The Bertz CT molecular complexity index is 296. The van der Waals surface area contributed by atoms with Gasteiger partial charge in [0.15, 0.2) is 0 Å². The van der Waals surface area contributed by atoms with Gasteiger partial charge in [-0.15, -0.1) is 0 Å². The molecule has 0 saturated carbocycles. The van der Waals surface area contributed by atoms with Gasteiger partial charge in [0.25, 0.3) is 0 Å². The zero-order chi connectivity index (χ0) is 14.5. The van der Waals surface area contributed by atoms with Gasteiger partial charge >= 0.3 is 12.2 Å². The summed E-state index contributed by atoms with van der Waals surface area (Å²) in [7, 11) is 0. The molecule has 2 atom stereocenters. The number of carbonyl (C=O) groups excluding carboxylic acids is 1. The molecule has 0 spiro atoms. The van der Waals surface area contributed by atoms with E-state index in [9.17, 15) is 18.0 Å². The topological polar surface area (TPSA) is 44.4 Å². The number of hydrogen-bond acceptors (Lipinski definition) is 2. The van der Waals surface area contributed by atoms with Crippen molar-refractivity contribution in [3.63, 3.8) is 0 Å². The van der Waals surface area contributed by atoms with Gasteiger partial charge in [0.2, 0.25) is 0 Å². The summed E-state index contributed by atoms with van der Waals surface area (Å²) >= 11 is 0. The smallest absolute Gasteiger partial charge is 0.329 e. The average molecular weight is 281 g/mol. The first kappa shape index (κ1) is 16.1. The van der Waals surface area contributed by atoms with Gasteiger partial charge < -0.3 is 15.5 Å². The van der Waals surface area contributed by atoms with Gasteiger partial charge in [0.1, 0.15) is 6.54 Å². The van der Waals surface area contributed by atoms with Crippen LogP contribution in [0, 0.1) is 5.92 Å². The number of piperidine rings is 1. The minimum Gasteiger partial charge on any atom is -0.329 e. The summed E-state index contributed by atoms with van der Waals surface area (Å²) in [5, 5.41) is 5.31. The zero-order valence-corrected chi connectivity index (χ0v) is 11.4. The Morgan fingerprint density at radius 1 is 1.42 bits per heavy atom. The van der Waals surface area contributed by atoms with E-state index >= 15 is 0 Å². The van der Waals surface area contributed by atoms with E-state index in [4.69, 9.17) is 0 Å². The average Bonchev–Trinajstić information content (AvgIpc) is 2.33. The molecule has 0 aliphatic carbocycles. The molecule has 19 heavy (non-hydrogen) atoms. The molecule has 1 aliphatic heterocycles. The summed E-state index contributed by atoms with van der Waals surface area (Å²) in [5.41, 5.74) is 0. The highest BCUT2D eigenvalue weighted by Crippen LogP contribution is 2.17. The highest BCUT2D eigenvalue weighted by Gasteiger charge is 2.31. The lowest BCUT2D eigenvalue weighted by Crippen LogP contribution is -2.53. The first-order valence-corrected chi connectivity index (χ1v) is 6.66. The SMILES string of the molecule is CCCNC1CCN(C(=O)NCC(F)(F)F)CC1C. The van der Waals surface area contributed by atoms with Crippen LogP contribution >= 0.6 is 0 Å². The Balaban J connectivity index is 2.36. The summed E-state index contributed by atoms with van der Waals surface area (Å²) < 4.78 is 36.1. The standard InChI is InChI=1S/C12H22F3N3O/c1-3-5-16-10-4-6-18(7-9(10)2)11(19)17-8-12(13,14)15/h9-10,16H,3-8H2,1-2H3,(H,17,19). The third-order valence-corrected chi connectivity index (χ3v) is 3.29. The van der Waals surface area contributed by atoms with E-state index in [0.29, 0.717) is 19.1 Å². The van der Waals surface area contributed by atoms with Gasteiger partial charge in [-0.1, -0.05) is 13.8 Å². The Morgan fingerprint density at radius 2 is 2.11 bits per heavy atom. The van der Waals surface area contributed by atoms with Crippen LogP contribution in [0.5, 0.6) is 0 Å². The molecule has 7 heteroatoms. The molecule has 2 unspecified atom stereocenters. The summed E-state index contributed by atoms with van der Waals surface area (Å²) in [6.45, 7) is 4.73. The number of urea groups is 1. The van der Waals surface area contributed by atoms with E-state index in [1.54, 1.807) is 0 Å². The largest absolute Gasteiger partial charge is 0.405 e. The van der Waals surface area contributed by atoms with E-state index in [-0.39, 0.29) is 5.92 Å². The van der Waals surface area contributed by atoms with Crippen molar-refractivity contribution in [2.75, 3.05) is 26.2 Å². The number of likely N-dealkylation sites (tertiary alicyclic amines) is 1. The van der Waals surface area contributed by atoms with Crippen LogP contribution in [0.4, 0.5) is 18.0 Å². The van der Waals surface area contributed by atoms with Gasteiger partial charge in [-0.2, -0.15) is 13.2 Å². The van der Waals surface area contributed by atoms with Crippen LogP contribution in [0.2, 0.25) is 0 Å². The summed E-state index contributed by atoms with van der Waals surface area (Å²) in [6, 6.07) is -0.287. The van der Waals surface area contributed by atoms with E-state index < -0.39 is 18.8 Å². The summed E-state index contributed by atoms with van der Waals surface area (Å²) in [4.78, 5) is 13.1. The van der Waals surface area contributed by atoms with Crippen LogP contribution in [-0.2, 0) is 0 Å². The fourth-order valence-electron chi connectivity index (χ4n) is 2.25. The van der Waals surface area contributed by atoms with Crippen molar-refractivity contribution < 1.29 is 18.0 Å². The maximum absolute atomic E-state index is 12.0. The molecule has 112 valence electrons. The van der Waals surface area contributed by atoms with E-state index in [1.807, 2.05) is 12.2 Å². The molecule has 1 rings (SSSR count). The molecule has 4 nitrogen and oxygen atoms in total. The molecule has 1 aliphatic rings. The monoisotopic (exact) mass is 281 g/mol. The first-order valence-electron chi connectivity index (χ1n) is 6.66. The molecule has 0 radical (unpaired) electrons. The third-order valence-electron chi connectivity index (χ3n) is 3.29. The Hall–Kier alpha value is -0.980. The van der Waals surface area contributed by atoms with Crippen LogP contribution < -0.4 is 10.6 Å². The number of amides is 2. The molecule has 0 bridgehead atoms.